The summed E-state index contributed by atoms with van der Waals surface area (Å²) >= 11 is 0. The van der Waals surface area contributed by atoms with E-state index < -0.39 is 20.9 Å². The number of anilines is 2. The predicted octanol–water partition coefficient (Wildman–Crippen LogP) is 4.00. The van der Waals surface area contributed by atoms with Gasteiger partial charge in [-0.3, -0.25) is 19.2 Å². The average molecular weight is 468 g/mol. The Morgan fingerprint density at radius 2 is 1.76 bits per heavy atom. The van der Waals surface area contributed by atoms with Crippen molar-refractivity contribution in [1.82, 2.24) is 0 Å². The number of rotatable bonds is 6. The molecule has 1 heterocycles. The van der Waals surface area contributed by atoms with E-state index in [9.17, 15) is 23.3 Å². The van der Waals surface area contributed by atoms with Crippen molar-refractivity contribution >= 4 is 33.0 Å². The Morgan fingerprint density at radius 1 is 1.06 bits per heavy atom. The molecule has 1 amide bonds. The molecule has 0 radical (unpaired) electrons. The highest BCUT2D eigenvalue weighted by Crippen LogP contribution is 2.34. The van der Waals surface area contributed by atoms with E-state index in [0.29, 0.717) is 36.5 Å². The second kappa shape index (κ2) is 8.91. The van der Waals surface area contributed by atoms with Gasteiger partial charge in [-0.2, -0.15) is 0 Å². The molecule has 0 aromatic heterocycles. The number of amides is 1. The smallest absolute Gasteiger partial charge is 0.269 e. The number of ether oxygens (including phenoxy) is 1. The summed E-state index contributed by atoms with van der Waals surface area (Å²) < 4.78 is 33.0. The summed E-state index contributed by atoms with van der Waals surface area (Å²) in [4.78, 5) is 22.9. The number of carbonyl (C=O) groups is 1. The summed E-state index contributed by atoms with van der Waals surface area (Å²) in [6.45, 7) is 0.357. The number of non-ortho nitro benzene ring substituents is 1. The third kappa shape index (κ3) is 4.51. The number of carbonyl (C=O) groups excluding carboxylic acids is 1. The standard InChI is InChI=1S/C23H21N3O6S/c1-32-20-9-11-21(12-10-20)33(30,31)25-14-2-3-17-15-18(6-13-22(17)25)24-23(27)16-4-7-19(8-5-16)26(28)29/h4-13,15H,2-3,14H2,1H3,(H,24,27). The van der Waals surface area contributed by atoms with Crippen LogP contribution in [0.5, 0.6) is 5.75 Å². The summed E-state index contributed by atoms with van der Waals surface area (Å²) in [5.41, 5.74) is 2.08. The van der Waals surface area contributed by atoms with Gasteiger partial charge in [0.15, 0.2) is 0 Å². The molecule has 1 aliphatic heterocycles. The van der Waals surface area contributed by atoms with Crippen LogP contribution in [0.1, 0.15) is 22.3 Å². The molecule has 170 valence electrons. The monoisotopic (exact) mass is 467 g/mol. The Balaban J connectivity index is 1.56. The van der Waals surface area contributed by atoms with Crippen molar-refractivity contribution in [2.24, 2.45) is 0 Å². The maximum Gasteiger partial charge on any atom is 0.269 e. The maximum atomic E-state index is 13.2. The number of nitro groups is 1. The lowest BCUT2D eigenvalue weighted by molar-refractivity contribution is -0.384. The van der Waals surface area contributed by atoms with E-state index >= 15 is 0 Å². The van der Waals surface area contributed by atoms with Crippen LogP contribution in [0.25, 0.3) is 0 Å². The highest BCUT2D eigenvalue weighted by atomic mass is 32.2. The minimum Gasteiger partial charge on any atom is -0.497 e. The van der Waals surface area contributed by atoms with Crippen LogP contribution in [0.2, 0.25) is 0 Å². The quantitative estimate of drug-likeness (QED) is 0.432. The fourth-order valence-electron chi connectivity index (χ4n) is 3.70. The van der Waals surface area contributed by atoms with Crippen LogP contribution in [-0.2, 0) is 16.4 Å². The molecule has 3 aromatic rings. The minimum absolute atomic E-state index is 0.0986. The van der Waals surface area contributed by atoms with Gasteiger partial charge < -0.3 is 10.1 Å². The summed E-state index contributed by atoms with van der Waals surface area (Å²) in [5, 5.41) is 13.5. The topological polar surface area (TPSA) is 119 Å². The lowest BCUT2D eigenvalue weighted by atomic mass is 10.0. The third-order valence-corrected chi connectivity index (χ3v) is 7.23. The van der Waals surface area contributed by atoms with E-state index in [1.807, 2.05) is 0 Å². The van der Waals surface area contributed by atoms with Gasteiger partial charge in [-0.1, -0.05) is 0 Å². The molecule has 0 unspecified atom stereocenters. The largest absolute Gasteiger partial charge is 0.497 e. The predicted molar refractivity (Wildman–Crippen MR) is 123 cm³/mol. The van der Waals surface area contributed by atoms with E-state index in [1.54, 1.807) is 30.3 Å². The summed E-state index contributed by atoms with van der Waals surface area (Å²) in [5.74, 6) is 0.157. The van der Waals surface area contributed by atoms with E-state index in [-0.39, 0.29) is 16.1 Å². The van der Waals surface area contributed by atoms with Crippen LogP contribution in [0, 0.1) is 10.1 Å². The number of aryl methyl sites for hydroxylation is 1. The number of methoxy groups -OCH3 is 1. The lowest BCUT2D eigenvalue weighted by Gasteiger charge is -2.31. The lowest BCUT2D eigenvalue weighted by Crippen LogP contribution is -2.35. The molecule has 0 bridgehead atoms. The Labute approximate surface area is 190 Å². The molecule has 10 heteroatoms. The van der Waals surface area contributed by atoms with E-state index in [0.717, 1.165) is 5.56 Å². The molecule has 0 aliphatic carbocycles. The minimum atomic E-state index is -3.76. The zero-order valence-corrected chi connectivity index (χ0v) is 18.5. The van der Waals surface area contributed by atoms with E-state index in [4.69, 9.17) is 4.74 Å². The van der Waals surface area contributed by atoms with Crippen molar-refractivity contribution in [3.63, 3.8) is 0 Å². The zero-order valence-electron chi connectivity index (χ0n) is 17.7. The molecule has 33 heavy (non-hydrogen) atoms. The molecule has 9 nitrogen and oxygen atoms in total. The molecule has 1 N–H and O–H groups in total. The molecule has 0 atom stereocenters. The first-order chi connectivity index (χ1) is 15.8. The molecular weight excluding hydrogens is 446 g/mol. The van der Waals surface area contributed by atoms with Crippen molar-refractivity contribution in [3.05, 3.63) is 88.0 Å². The van der Waals surface area contributed by atoms with Gasteiger partial charge in [-0.05, 0) is 73.0 Å². The zero-order chi connectivity index (χ0) is 23.6. The van der Waals surface area contributed by atoms with Crippen LogP contribution in [0.4, 0.5) is 17.1 Å². The second-order valence-corrected chi connectivity index (χ2v) is 9.32. The van der Waals surface area contributed by atoms with Crippen LogP contribution in [-0.4, -0.2) is 32.9 Å². The van der Waals surface area contributed by atoms with Gasteiger partial charge in [0.25, 0.3) is 21.6 Å². The summed E-state index contributed by atoms with van der Waals surface area (Å²) in [7, 11) is -2.24. The fraction of sp³-hybridized carbons (Fsp3) is 0.174. The number of hydrogen-bond donors (Lipinski definition) is 1. The van der Waals surface area contributed by atoms with Crippen LogP contribution in [0.3, 0.4) is 0 Å². The van der Waals surface area contributed by atoms with E-state index in [1.165, 1.54) is 47.8 Å². The first kappa shape index (κ1) is 22.3. The van der Waals surface area contributed by atoms with Gasteiger partial charge in [0, 0.05) is 29.9 Å². The molecule has 0 saturated heterocycles. The Bertz CT molecular complexity index is 1310. The third-order valence-electron chi connectivity index (χ3n) is 5.40. The first-order valence-corrected chi connectivity index (χ1v) is 11.6. The van der Waals surface area contributed by atoms with Crippen LogP contribution >= 0.6 is 0 Å². The van der Waals surface area contributed by atoms with E-state index in [2.05, 4.69) is 5.32 Å². The molecule has 4 rings (SSSR count). The summed E-state index contributed by atoms with van der Waals surface area (Å²) in [6.07, 6.45) is 1.31. The Kier molecular flexibility index (Phi) is 6.01. The number of fused-ring (bicyclic) bond motifs is 1. The number of hydrogen-bond acceptors (Lipinski definition) is 6. The number of nitro benzene ring substituents is 1. The van der Waals surface area contributed by atoms with Crippen molar-refractivity contribution in [2.75, 3.05) is 23.3 Å². The first-order valence-electron chi connectivity index (χ1n) is 10.1. The summed E-state index contributed by atoms with van der Waals surface area (Å²) in [6, 6.07) is 16.6. The number of benzene rings is 3. The maximum absolute atomic E-state index is 13.2. The fourth-order valence-corrected chi connectivity index (χ4v) is 5.24. The van der Waals surface area contributed by atoms with Crippen LogP contribution in [0.15, 0.2) is 71.6 Å². The average Bonchev–Trinajstić information content (AvgIpc) is 2.83. The number of nitrogens with one attached hydrogen (secondary N) is 1. The van der Waals surface area contributed by atoms with Crippen molar-refractivity contribution in [3.8, 4) is 5.75 Å². The number of sulfonamides is 1. The molecule has 0 saturated carbocycles. The normalized spacial score (nSPS) is 13.2. The molecule has 1 aliphatic rings. The van der Waals surface area contributed by atoms with Crippen molar-refractivity contribution in [2.45, 2.75) is 17.7 Å². The van der Waals surface area contributed by atoms with Crippen LogP contribution < -0.4 is 14.4 Å². The Hall–Kier alpha value is -3.92. The molecular formula is C23H21N3O6S. The van der Waals surface area contributed by atoms with Gasteiger partial charge >= 0.3 is 0 Å². The molecule has 3 aromatic carbocycles. The highest BCUT2D eigenvalue weighted by Gasteiger charge is 2.29. The SMILES string of the molecule is COc1ccc(S(=O)(=O)N2CCCc3cc(NC(=O)c4ccc([N+](=O)[O-])cc4)ccc32)cc1. The highest BCUT2D eigenvalue weighted by molar-refractivity contribution is 7.92. The van der Waals surface area contributed by atoms with Crippen molar-refractivity contribution < 1.29 is 22.9 Å². The van der Waals surface area contributed by atoms with Gasteiger partial charge in [-0.25, -0.2) is 8.42 Å². The van der Waals surface area contributed by atoms with Gasteiger partial charge in [0.05, 0.1) is 22.6 Å². The number of nitrogens with zero attached hydrogens (tertiary/aromatic N) is 2. The second-order valence-electron chi connectivity index (χ2n) is 7.46. The van der Waals surface area contributed by atoms with Gasteiger partial charge in [-0.15, -0.1) is 0 Å². The molecule has 0 spiro atoms. The van der Waals surface area contributed by atoms with Gasteiger partial charge in [0.1, 0.15) is 5.75 Å². The Morgan fingerprint density at radius 3 is 2.39 bits per heavy atom. The van der Waals surface area contributed by atoms with Gasteiger partial charge in [0.2, 0.25) is 0 Å². The molecule has 0 fully saturated rings. The van der Waals surface area contributed by atoms with Crippen molar-refractivity contribution in [1.29, 1.82) is 0 Å².